The summed E-state index contributed by atoms with van der Waals surface area (Å²) < 4.78 is 20.8. The third-order valence-corrected chi connectivity index (χ3v) is 3.23. The first-order valence-corrected chi connectivity index (χ1v) is 6.12. The Bertz CT molecular complexity index is 796. The van der Waals surface area contributed by atoms with E-state index in [4.69, 9.17) is 4.74 Å². The van der Waals surface area contributed by atoms with Crippen molar-refractivity contribution in [1.29, 1.82) is 0 Å². The van der Waals surface area contributed by atoms with Gasteiger partial charge in [-0.25, -0.2) is 4.68 Å². The number of benzene rings is 2. The van der Waals surface area contributed by atoms with Crippen LogP contribution in [0.4, 0.5) is 4.39 Å². The lowest BCUT2D eigenvalue weighted by Gasteiger charge is -2.08. The van der Waals surface area contributed by atoms with Crippen molar-refractivity contribution < 1.29 is 14.2 Å². The van der Waals surface area contributed by atoms with Gasteiger partial charge in [0.25, 0.3) is 0 Å². The van der Waals surface area contributed by atoms with Gasteiger partial charge in [-0.3, -0.25) is 0 Å². The summed E-state index contributed by atoms with van der Waals surface area (Å²) in [7, 11) is 1.58. The summed E-state index contributed by atoms with van der Waals surface area (Å²) in [5.74, 6) is 0.229. The summed E-state index contributed by atoms with van der Waals surface area (Å²) in [5, 5.41) is 14.0. The van der Waals surface area contributed by atoms with Gasteiger partial charge in [0.1, 0.15) is 11.5 Å². The molecule has 3 rings (SSSR count). The third-order valence-electron chi connectivity index (χ3n) is 3.23. The second-order valence-corrected chi connectivity index (χ2v) is 4.56. The maximum atomic E-state index is 14.4. The van der Waals surface area contributed by atoms with Crippen molar-refractivity contribution in [3.63, 3.8) is 0 Å². The lowest BCUT2D eigenvalue weighted by Crippen LogP contribution is -2.02. The van der Waals surface area contributed by atoms with Crippen molar-refractivity contribution in [3.05, 3.63) is 47.9 Å². The van der Waals surface area contributed by atoms with Crippen molar-refractivity contribution in [3.8, 4) is 17.2 Å². The highest BCUT2D eigenvalue weighted by molar-refractivity contribution is 5.81. The fourth-order valence-corrected chi connectivity index (χ4v) is 2.19. The van der Waals surface area contributed by atoms with E-state index < -0.39 is 5.95 Å². The summed E-state index contributed by atoms with van der Waals surface area (Å²) in [4.78, 5) is 0. The van der Waals surface area contributed by atoms with Crippen LogP contribution in [0.5, 0.6) is 11.5 Å². The monoisotopic (exact) mass is 272 g/mol. The molecule has 3 aromatic rings. The Balaban J connectivity index is 2.22. The van der Waals surface area contributed by atoms with Crippen LogP contribution < -0.4 is 4.74 Å². The molecule has 0 amide bonds. The molecule has 1 heterocycles. The van der Waals surface area contributed by atoms with Gasteiger partial charge >= 0.3 is 0 Å². The van der Waals surface area contributed by atoms with E-state index in [1.807, 2.05) is 13.0 Å². The zero-order valence-electron chi connectivity index (χ0n) is 11.1. The number of fused-ring (bicyclic) bond motifs is 1. The molecule has 1 N–H and O–H groups in total. The summed E-state index contributed by atoms with van der Waals surface area (Å²) in [6, 6.07) is 9.77. The Hall–Kier alpha value is -2.56. The minimum atomic E-state index is -0.496. The number of phenols is 1. The number of ether oxygens (including phenoxy) is 1. The highest BCUT2D eigenvalue weighted by Crippen LogP contribution is 2.26. The Morgan fingerprint density at radius 1 is 1.20 bits per heavy atom. The van der Waals surface area contributed by atoms with Gasteiger partial charge < -0.3 is 9.84 Å². The number of hydrogen-bond donors (Lipinski definition) is 1. The van der Waals surface area contributed by atoms with Gasteiger partial charge in [0.05, 0.1) is 23.7 Å². The number of phenolic OH excluding ortho intramolecular Hbond substituents is 1. The minimum absolute atomic E-state index is 0.0161. The number of rotatable bonds is 2. The number of aromatic nitrogens is 2. The SMILES string of the molecule is COc1ccc(-n2nc3ccc(O)cc3c2F)c(C)c1. The second-order valence-electron chi connectivity index (χ2n) is 4.56. The zero-order chi connectivity index (χ0) is 14.3. The number of aromatic hydroxyl groups is 1. The molecular formula is C15H13FN2O2. The van der Waals surface area contributed by atoms with E-state index in [-0.39, 0.29) is 5.75 Å². The average Bonchev–Trinajstić information content (AvgIpc) is 2.76. The Morgan fingerprint density at radius 2 is 2.00 bits per heavy atom. The van der Waals surface area contributed by atoms with Crippen LogP contribution in [0.2, 0.25) is 0 Å². The topological polar surface area (TPSA) is 47.3 Å². The fraction of sp³-hybridized carbons (Fsp3) is 0.133. The molecule has 102 valence electrons. The molecule has 0 spiro atoms. The van der Waals surface area contributed by atoms with Crippen LogP contribution in [0.15, 0.2) is 36.4 Å². The molecule has 0 saturated carbocycles. The second kappa shape index (κ2) is 4.52. The van der Waals surface area contributed by atoms with E-state index >= 15 is 0 Å². The predicted octanol–water partition coefficient (Wildman–Crippen LogP) is 3.19. The number of aryl methyl sites for hydroxylation is 1. The van der Waals surface area contributed by atoms with Crippen LogP contribution in [0.25, 0.3) is 16.6 Å². The highest BCUT2D eigenvalue weighted by Gasteiger charge is 2.14. The molecule has 0 atom stereocenters. The zero-order valence-corrected chi connectivity index (χ0v) is 11.1. The summed E-state index contributed by atoms with van der Waals surface area (Å²) in [6.45, 7) is 1.86. The number of halogens is 1. The molecule has 0 fully saturated rings. The molecule has 0 aliphatic heterocycles. The Labute approximate surface area is 115 Å². The standard InChI is InChI=1S/C15H13FN2O2/c1-9-7-11(20-2)4-6-14(9)18-15(16)12-8-10(19)3-5-13(12)17-18/h3-8,19H,1-2H3. The van der Waals surface area contributed by atoms with Gasteiger partial charge in [0.15, 0.2) is 0 Å². The predicted molar refractivity (Wildman–Crippen MR) is 74.0 cm³/mol. The lowest BCUT2D eigenvalue weighted by molar-refractivity contribution is 0.414. The fourth-order valence-electron chi connectivity index (χ4n) is 2.19. The average molecular weight is 272 g/mol. The maximum absolute atomic E-state index is 14.4. The van der Waals surface area contributed by atoms with Crippen LogP contribution in [0, 0.1) is 12.9 Å². The van der Waals surface area contributed by atoms with E-state index in [0.29, 0.717) is 22.3 Å². The quantitative estimate of drug-likeness (QED) is 0.779. The van der Waals surface area contributed by atoms with Crippen LogP contribution in [0.3, 0.4) is 0 Å². The first-order valence-electron chi connectivity index (χ1n) is 6.12. The molecule has 20 heavy (non-hydrogen) atoms. The van der Waals surface area contributed by atoms with Crippen LogP contribution in [-0.4, -0.2) is 22.0 Å². The van der Waals surface area contributed by atoms with Crippen molar-refractivity contribution in [2.75, 3.05) is 7.11 Å². The minimum Gasteiger partial charge on any atom is -0.508 e. The Morgan fingerprint density at radius 3 is 2.70 bits per heavy atom. The van der Waals surface area contributed by atoms with Crippen LogP contribution in [0.1, 0.15) is 5.56 Å². The normalized spacial score (nSPS) is 10.9. The van der Waals surface area contributed by atoms with Gasteiger partial charge in [-0.05, 0) is 48.9 Å². The van der Waals surface area contributed by atoms with E-state index in [9.17, 15) is 9.50 Å². The summed E-state index contributed by atoms with van der Waals surface area (Å²) >= 11 is 0. The molecule has 0 radical (unpaired) electrons. The van der Waals surface area contributed by atoms with E-state index in [2.05, 4.69) is 5.10 Å². The van der Waals surface area contributed by atoms with E-state index in [1.165, 1.54) is 16.8 Å². The third kappa shape index (κ3) is 1.87. The van der Waals surface area contributed by atoms with Gasteiger partial charge in [-0.1, -0.05) is 0 Å². The van der Waals surface area contributed by atoms with E-state index in [1.54, 1.807) is 25.3 Å². The van der Waals surface area contributed by atoms with Crippen molar-refractivity contribution in [2.24, 2.45) is 0 Å². The first kappa shape index (κ1) is 12.5. The highest BCUT2D eigenvalue weighted by atomic mass is 19.1. The van der Waals surface area contributed by atoms with Gasteiger partial charge in [-0.15, -0.1) is 0 Å². The Kier molecular flexibility index (Phi) is 2.82. The maximum Gasteiger partial charge on any atom is 0.224 e. The van der Waals surface area contributed by atoms with Crippen LogP contribution in [-0.2, 0) is 0 Å². The van der Waals surface area contributed by atoms with Crippen LogP contribution >= 0.6 is 0 Å². The van der Waals surface area contributed by atoms with Gasteiger partial charge in [-0.2, -0.15) is 9.49 Å². The largest absolute Gasteiger partial charge is 0.508 e. The molecule has 2 aromatic carbocycles. The molecular weight excluding hydrogens is 259 g/mol. The first-order chi connectivity index (χ1) is 9.60. The summed E-state index contributed by atoms with van der Waals surface area (Å²) in [6.07, 6.45) is 0. The summed E-state index contributed by atoms with van der Waals surface area (Å²) in [5.41, 5.74) is 1.98. The molecule has 1 aromatic heterocycles. The van der Waals surface area contributed by atoms with E-state index in [0.717, 1.165) is 5.56 Å². The molecule has 0 bridgehead atoms. The van der Waals surface area contributed by atoms with Gasteiger partial charge in [0.2, 0.25) is 5.95 Å². The molecule has 0 saturated heterocycles. The molecule has 0 aliphatic rings. The van der Waals surface area contributed by atoms with Gasteiger partial charge in [0, 0.05) is 0 Å². The smallest absolute Gasteiger partial charge is 0.224 e. The number of methoxy groups -OCH3 is 1. The number of nitrogens with zero attached hydrogens (tertiary/aromatic N) is 2. The molecule has 0 aliphatic carbocycles. The lowest BCUT2D eigenvalue weighted by atomic mass is 10.2. The van der Waals surface area contributed by atoms with Crippen molar-refractivity contribution >= 4 is 10.9 Å². The van der Waals surface area contributed by atoms with Crippen molar-refractivity contribution in [1.82, 2.24) is 9.78 Å². The molecule has 5 heteroatoms. The molecule has 0 unspecified atom stereocenters. The van der Waals surface area contributed by atoms with Crippen molar-refractivity contribution in [2.45, 2.75) is 6.92 Å². The molecule has 4 nitrogen and oxygen atoms in total. The number of hydrogen-bond acceptors (Lipinski definition) is 3.